The van der Waals surface area contributed by atoms with Crippen LogP contribution in [-0.2, 0) is 19.1 Å². The Labute approximate surface area is 160 Å². The minimum atomic E-state index is -1.06. The van der Waals surface area contributed by atoms with Crippen LogP contribution in [0.15, 0.2) is 41.4 Å². The zero-order valence-electron chi connectivity index (χ0n) is 16.7. The Morgan fingerprint density at radius 1 is 1.26 bits per heavy atom. The molecule has 6 heteroatoms. The number of methoxy groups -OCH3 is 1. The smallest absolute Gasteiger partial charge is 0.341 e. The summed E-state index contributed by atoms with van der Waals surface area (Å²) in [4.78, 5) is 29.1. The fraction of sp³-hybridized carbons (Fsp3) is 0.476. The second kappa shape index (κ2) is 7.94. The Balaban J connectivity index is 2.22. The quantitative estimate of drug-likeness (QED) is 0.562. The van der Waals surface area contributed by atoms with Crippen molar-refractivity contribution in [2.24, 2.45) is 10.9 Å². The fourth-order valence-electron chi connectivity index (χ4n) is 2.68. The number of esters is 2. The van der Waals surface area contributed by atoms with Crippen LogP contribution in [0.4, 0.5) is 0 Å². The van der Waals surface area contributed by atoms with Crippen LogP contribution in [0.25, 0.3) is 0 Å². The van der Waals surface area contributed by atoms with Crippen molar-refractivity contribution in [2.45, 2.75) is 52.2 Å². The van der Waals surface area contributed by atoms with Crippen molar-refractivity contribution in [1.29, 1.82) is 0 Å². The number of ether oxygens (including phenoxy) is 3. The average molecular weight is 373 g/mol. The first-order valence-electron chi connectivity index (χ1n) is 8.93. The SMILES string of the molecule is COc1ccc(C2=N[C@@](C/C=C/C(=O)OC(C)(C)C)(C(C)C)C(=O)O2)cc1. The van der Waals surface area contributed by atoms with E-state index in [2.05, 4.69) is 4.99 Å². The van der Waals surface area contributed by atoms with Gasteiger partial charge in [0.2, 0.25) is 5.90 Å². The van der Waals surface area contributed by atoms with Crippen molar-refractivity contribution in [3.63, 3.8) is 0 Å². The summed E-state index contributed by atoms with van der Waals surface area (Å²) < 4.78 is 15.8. The van der Waals surface area contributed by atoms with E-state index in [4.69, 9.17) is 14.2 Å². The maximum Gasteiger partial charge on any atom is 0.341 e. The Morgan fingerprint density at radius 2 is 1.89 bits per heavy atom. The van der Waals surface area contributed by atoms with Gasteiger partial charge < -0.3 is 14.2 Å². The summed E-state index contributed by atoms with van der Waals surface area (Å²) in [5, 5.41) is 0. The van der Waals surface area contributed by atoms with E-state index in [1.54, 1.807) is 58.2 Å². The first-order chi connectivity index (χ1) is 12.6. The Bertz CT molecular complexity index is 756. The van der Waals surface area contributed by atoms with Gasteiger partial charge in [-0.05, 0) is 51.0 Å². The van der Waals surface area contributed by atoms with E-state index in [1.807, 2.05) is 13.8 Å². The molecule has 0 fully saturated rings. The summed E-state index contributed by atoms with van der Waals surface area (Å²) in [6.07, 6.45) is 3.21. The molecule has 146 valence electrons. The van der Waals surface area contributed by atoms with Crippen molar-refractivity contribution in [3.8, 4) is 5.75 Å². The van der Waals surface area contributed by atoms with Crippen LogP contribution in [0.3, 0.4) is 0 Å². The molecule has 0 aliphatic carbocycles. The van der Waals surface area contributed by atoms with Crippen LogP contribution in [0, 0.1) is 5.92 Å². The number of rotatable bonds is 6. The molecule has 0 N–H and O–H groups in total. The molecular formula is C21H27NO5. The van der Waals surface area contributed by atoms with E-state index in [0.29, 0.717) is 11.3 Å². The van der Waals surface area contributed by atoms with E-state index in [1.165, 1.54) is 6.08 Å². The third-order valence-electron chi connectivity index (χ3n) is 4.23. The summed E-state index contributed by atoms with van der Waals surface area (Å²) in [6.45, 7) is 9.21. The fourth-order valence-corrected chi connectivity index (χ4v) is 2.68. The van der Waals surface area contributed by atoms with E-state index in [9.17, 15) is 9.59 Å². The molecular weight excluding hydrogens is 346 g/mol. The number of aliphatic imine (C=N–C) groups is 1. The summed E-state index contributed by atoms with van der Waals surface area (Å²) in [5.41, 5.74) is -0.931. The van der Waals surface area contributed by atoms with Crippen LogP contribution < -0.4 is 4.74 Å². The molecule has 1 atom stereocenters. The normalized spacial score (nSPS) is 20.0. The molecule has 1 aromatic rings. The Morgan fingerprint density at radius 3 is 2.41 bits per heavy atom. The molecule has 0 amide bonds. The van der Waals surface area contributed by atoms with E-state index < -0.39 is 23.1 Å². The molecule has 6 nitrogen and oxygen atoms in total. The Hall–Kier alpha value is -2.63. The predicted octanol–water partition coefficient (Wildman–Crippen LogP) is 3.68. The summed E-state index contributed by atoms with van der Waals surface area (Å²) >= 11 is 0. The van der Waals surface area contributed by atoms with Crippen molar-refractivity contribution in [3.05, 3.63) is 42.0 Å². The predicted molar refractivity (Wildman–Crippen MR) is 103 cm³/mol. The van der Waals surface area contributed by atoms with Gasteiger partial charge in [-0.25, -0.2) is 14.6 Å². The zero-order chi connectivity index (χ0) is 20.2. The lowest BCUT2D eigenvalue weighted by Crippen LogP contribution is -2.39. The van der Waals surface area contributed by atoms with E-state index in [-0.39, 0.29) is 18.2 Å². The van der Waals surface area contributed by atoms with Gasteiger partial charge in [0, 0.05) is 18.1 Å². The number of carbonyl (C=O) groups excluding carboxylic acids is 2. The van der Waals surface area contributed by atoms with Crippen LogP contribution in [0.1, 0.15) is 46.6 Å². The molecule has 1 heterocycles. The van der Waals surface area contributed by atoms with Crippen LogP contribution in [-0.4, -0.2) is 36.1 Å². The van der Waals surface area contributed by atoms with Gasteiger partial charge >= 0.3 is 11.9 Å². The minimum absolute atomic E-state index is 0.107. The van der Waals surface area contributed by atoms with Crippen molar-refractivity contribution < 1.29 is 23.8 Å². The molecule has 0 saturated heterocycles. The van der Waals surface area contributed by atoms with Gasteiger partial charge in [-0.3, -0.25) is 0 Å². The molecule has 0 spiro atoms. The van der Waals surface area contributed by atoms with Crippen molar-refractivity contribution in [1.82, 2.24) is 0 Å². The molecule has 0 radical (unpaired) electrons. The lowest BCUT2D eigenvalue weighted by Gasteiger charge is -2.24. The third kappa shape index (κ3) is 4.96. The first-order valence-corrected chi connectivity index (χ1v) is 8.93. The third-order valence-corrected chi connectivity index (χ3v) is 4.23. The second-order valence-electron chi connectivity index (χ2n) is 7.75. The van der Waals surface area contributed by atoms with Gasteiger partial charge in [0.05, 0.1) is 7.11 Å². The van der Waals surface area contributed by atoms with Crippen LogP contribution in [0.5, 0.6) is 5.75 Å². The summed E-state index contributed by atoms with van der Waals surface area (Å²) in [5.74, 6) is 0.00873. The topological polar surface area (TPSA) is 74.2 Å². The molecule has 1 aromatic carbocycles. The number of hydrogen-bond donors (Lipinski definition) is 0. The first kappa shape index (κ1) is 20.7. The molecule has 27 heavy (non-hydrogen) atoms. The number of nitrogens with zero attached hydrogens (tertiary/aromatic N) is 1. The number of cyclic esters (lactones) is 1. The van der Waals surface area contributed by atoms with E-state index >= 15 is 0 Å². The average Bonchev–Trinajstić information content (AvgIpc) is 2.91. The molecule has 0 unspecified atom stereocenters. The maximum absolute atomic E-state index is 12.6. The highest BCUT2D eigenvalue weighted by Gasteiger charge is 2.48. The number of carbonyl (C=O) groups is 2. The van der Waals surface area contributed by atoms with E-state index in [0.717, 1.165) is 0 Å². The van der Waals surface area contributed by atoms with Crippen LogP contribution >= 0.6 is 0 Å². The highest BCUT2D eigenvalue weighted by Crippen LogP contribution is 2.34. The molecule has 0 aromatic heterocycles. The number of hydrogen-bond acceptors (Lipinski definition) is 6. The number of benzene rings is 1. The molecule has 2 rings (SSSR count). The minimum Gasteiger partial charge on any atom is -0.497 e. The molecule has 0 bridgehead atoms. The standard InChI is InChI=1S/C21H27NO5/c1-14(2)21(13-7-8-17(23)27-20(3,4)5)19(24)26-18(22-21)15-9-11-16(25-6)12-10-15/h7-12,14H,13H2,1-6H3/b8-7+/t21-/m0/s1. The van der Waals surface area contributed by atoms with Gasteiger partial charge in [-0.2, -0.15) is 0 Å². The van der Waals surface area contributed by atoms with Gasteiger partial charge in [0.15, 0.2) is 5.54 Å². The molecule has 1 aliphatic heterocycles. The van der Waals surface area contributed by atoms with Gasteiger partial charge in [-0.15, -0.1) is 0 Å². The van der Waals surface area contributed by atoms with Crippen LogP contribution in [0.2, 0.25) is 0 Å². The van der Waals surface area contributed by atoms with Gasteiger partial charge in [0.1, 0.15) is 11.4 Å². The Kier molecular flexibility index (Phi) is 6.08. The highest BCUT2D eigenvalue weighted by molar-refractivity contribution is 6.08. The highest BCUT2D eigenvalue weighted by atomic mass is 16.6. The summed E-state index contributed by atoms with van der Waals surface area (Å²) in [6, 6.07) is 7.14. The van der Waals surface area contributed by atoms with Gasteiger partial charge in [-0.1, -0.05) is 19.9 Å². The lowest BCUT2D eigenvalue weighted by molar-refractivity contribution is -0.148. The monoisotopic (exact) mass is 373 g/mol. The second-order valence-corrected chi connectivity index (χ2v) is 7.75. The van der Waals surface area contributed by atoms with Gasteiger partial charge in [0.25, 0.3) is 0 Å². The zero-order valence-corrected chi connectivity index (χ0v) is 16.7. The maximum atomic E-state index is 12.6. The lowest BCUT2D eigenvalue weighted by atomic mass is 9.84. The summed E-state index contributed by atoms with van der Waals surface area (Å²) in [7, 11) is 1.59. The van der Waals surface area contributed by atoms with Crippen molar-refractivity contribution >= 4 is 17.8 Å². The largest absolute Gasteiger partial charge is 0.497 e. The molecule has 1 aliphatic rings. The molecule has 0 saturated carbocycles. The van der Waals surface area contributed by atoms with Crippen molar-refractivity contribution in [2.75, 3.05) is 7.11 Å².